The second-order valence-corrected chi connectivity index (χ2v) is 15.0. The number of nitriles is 1. The molecule has 0 aromatic heterocycles. The smallest absolute Gasteiger partial charge is 0.326 e. The van der Waals surface area contributed by atoms with Gasteiger partial charge in [-0.05, 0) is 94.0 Å². The van der Waals surface area contributed by atoms with Gasteiger partial charge in [0, 0.05) is 35.5 Å². The van der Waals surface area contributed by atoms with Gasteiger partial charge in [0.15, 0.2) is 0 Å². The number of benzene rings is 6. The minimum Gasteiger partial charge on any atom is -0.489 e. The Balaban J connectivity index is 0.994. The molecule has 0 bridgehead atoms. The van der Waals surface area contributed by atoms with E-state index in [1.807, 2.05) is 36.4 Å². The normalized spacial score (nSPS) is 15.9. The molecule has 3 amide bonds. The highest BCUT2D eigenvalue weighted by Crippen LogP contribution is 2.40. The molecule has 2 aliphatic heterocycles. The van der Waals surface area contributed by atoms with E-state index in [9.17, 15) is 24.3 Å². The molecule has 60 heavy (non-hydrogen) atoms. The fourth-order valence-electron chi connectivity index (χ4n) is 7.36. The standard InChI is InChI=1S/C48H37ClN4O7/c49-38-18-10-31(11-19-38)28-59-39-20-16-34(17-21-39)44-46(55)51-40-23-36-24-42(53(27-37(36)25-43(40)60-44)47(56)35-4-2-1-3-5-35)45(54)52-41(48(57)58)22-29-6-12-32(13-7-29)33-14-8-30(26-50)9-15-33/h1-21,23,25,41-42,44H,22,24,27-28H2,(H,51,55)(H,52,54)(H,57,58). The van der Waals surface area contributed by atoms with E-state index in [0.29, 0.717) is 56.6 Å². The van der Waals surface area contributed by atoms with E-state index >= 15 is 0 Å². The average Bonchev–Trinajstić information content (AvgIpc) is 3.27. The minimum absolute atomic E-state index is 0.00185. The van der Waals surface area contributed by atoms with Gasteiger partial charge in [-0.2, -0.15) is 5.26 Å². The predicted octanol–water partition coefficient (Wildman–Crippen LogP) is 7.91. The first kappa shape index (κ1) is 39.4. The number of carbonyl (C=O) groups is 4. The molecule has 0 saturated heterocycles. The summed E-state index contributed by atoms with van der Waals surface area (Å²) in [5.41, 5.74) is 6.82. The first-order valence-electron chi connectivity index (χ1n) is 19.2. The van der Waals surface area contributed by atoms with Gasteiger partial charge in [-0.1, -0.05) is 90.5 Å². The van der Waals surface area contributed by atoms with E-state index in [1.54, 1.807) is 103 Å². The molecule has 6 aromatic rings. The van der Waals surface area contributed by atoms with Gasteiger partial charge in [-0.15, -0.1) is 0 Å². The van der Waals surface area contributed by atoms with Crippen molar-refractivity contribution in [2.75, 3.05) is 5.32 Å². The molecule has 2 heterocycles. The fourth-order valence-corrected chi connectivity index (χ4v) is 7.49. The van der Waals surface area contributed by atoms with Crippen LogP contribution in [0.5, 0.6) is 11.5 Å². The number of anilines is 1. The molecule has 6 aromatic carbocycles. The molecule has 3 N–H and O–H groups in total. The van der Waals surface area contributed by atoms with Crippen LogP contribution in [0.1, 0.15) is 49.8 Å². The lowest BCUT2D eigenvalue weighted by Gasteiger charge is -2.37. The van der Waals surface area contributed by atoms with Crippen LogP contribution in [-0.2, 0) is 40.4 Å². The van der Waals surface area contributed by atoms with Gasteiger partial charge >= 0.3 is 5.97 Å². The van der Waals surface area contributed by atoms with E-state index in [-0.39, 0.29) is 25.3 Å². The molecule has 0 radical (unpaired) electrons. The minimum atomic E-state index is -1.29. The van der Waals surface area contributed by atoms with Gasteiger partial charge in [0.25, 0.3) is 11.8 Å². The second kappa shape index (κ2) is 17.2. The van der Waals surface area contributed by atoms with Crippen molar-refractivity contribution in [2.45, 2.75) is 44.2 Å². The van der Waals surface area contributed by atoms with Crippen LogP contribution < -0.4 is 20.1 Å². The molecule has 8 rings (SSSR count). The maximum Gasteiger partial charge on any atom is 0.326 e. The van der Waals surface area contributed by atoms with Crippen LogP contribution in [0.3, 0.4) is 0 Å². The molecule has 0 fully saturated rings. The lowest BCUT2D eigenvalue weighted by Crippen LogP contribution is -2.56. The summed E-state index contributed by atoms with van der Waals surface area (Å²) in [6.07, 6.45) is -0.887. The molecule has 3 unspecified atom stereocenters. The van der Waals surface area contributed by atoms with Crippen LogP contribution in [0.15, 0.2) is 140 Å². The number of amides is 3. The number of ether oxygens (including phenoxy) is 2. The number of nitrogens with zero attached hydrogens (tertiary/aromatic N) is 2. The van der Waals surface area contributed by atoms with Crippen molar-refractivity contribution >= 4 is 41.0 Å². The van der Waals surface area contributed by atoms with E-state index in [0.717, 1.165) is 22.3 Å². The maximum atomic E-state index is 14.1. The number of carboxylic acid groups (broad SMARTS) is 1. The van der Waals surface area contributed by atoms with Crippen molar-refractivity contribution in [1.29, 1.82) is 5.26 Å². The lowest BCUT2D eigenvalue weighted by molar-refractivity contribution is -0.142. The Labute approximate surface area is 350 Å². The highest BCUT2D eigenvalue weighted by atomic mass is 35.5. The first-order chi connectivity index (χ1) is 29.1. The van der Waals surface area contributed by atoms with Gasteiger partial charge in [-0.3, -0.25) is 14.4 Å². The number of hydrogen-bond donors (Lipinski definition) is 3. The summed E-state index contributed by atoms with van der Waals surface area (Å²) in [7, 11) is 0. The molecule has 0 spiro atoms. The Morgan fingerprint density at radius 2 is 1.53 bits per heavy atom. The van der Waals surface area contributed by atoms with Crippen LogP contribution in [-0.4, -0.2) is 45.8 Å². The molecule has 298 valence electrons. The van der Waals surface area contributed by atoms with Gasteiger partial charge in [0.1, 0.15) is 30.2 Å². The SMILES string of the molecule is N#Cc1ccc(-c2ccc(CC(NC(=O)C3Cc4cc5c(cc4CN3C(=O)c3ccccc3)OC(c3ccc(OCc4ccc(Cl)cc4)cc3)C(=O)N5)C(=O)O)cc2)cc1. The summed E-state index contributed by atoms with van der Waals surface area (Å²) in [5, 5.41) is 25.6. The van der Waals surface area contributed by atoms with E-state index in [1.165, 1.54) is 4.90 Å². The number of nitrogens with one attached hydrogen (secondary N) is 2. The zero-order chi connectivity index (χ0) is 41.8. The summed E-state index contributed by atoms with van der Waals surface area (Å²) in [6, 6.07) is 40.8. The van der Waals surface area contributed by atoms with Gasteiger partial charge in [0.2, 0.25) is 12.0 Å². The summed E-state index contributed by atoms with van der Waals surface area (Å²) in [5.74, 6) is -1.59. The third kappa shape index (κ3) is 8.70. The van der Waals surface area contributed by atoms with Crippen molar-refractivity contribution in [3.05, 3.63) is 183 Å². The third-order valence-electron chi connectivity index (χ3n) is 10.6. The van der Waals surface area contributed by atoms with Crippen LogP contribution in [0.4, 0.5) is 5.69 Å². The van der Waals surface area contributed by atoms with Crippen LogP contribution in [0.2, 0.25) is 5.02 Å². The highest BCUT2D eigenvalue weighted by Gasteiger charge is 2.39. The van der Waals surface area contributed by atoms with E-state index in [4.69, 9.17) is 26.3 Å². The Morgan fingerprint density at radius 1 is 0.867 bits per heavy atom. The highest BCUT2D eigenvalue weighted by molar-refractivity contribution is 6.30. The fraction of sp³-hybridized carbons (Fsp3) is 0.146. The Kier molecular flexibility index (Phi) is 11.3. The largest absolute Gasteiger partial charge is 0.489 e. The Bertz CT molecular complexity index is 2610. The molecular formula is C48H37ClN4O7. The molecule has 11 nitrogen and oxygen atoms in total. The van der Waals surface area contributed by atoms with E-state index in [2.05, 4.69) is 16.7 Å². The van der Waals surface area contributed by atoms with Crippen molar-refractivity contribution in [1.82, 2.24) is 10.2 Å². The zero-order valence-electron chi connectivity index (χ0n) is 32.0. The second-order valence-electron chi connectivity index (χ2n) is 14.6. The quantitative estimate of drug-likeness (QED) is 0.119. The van der Waals surface area contributed by atoms with Gasteiger partial charge < -0.3 is 30.1 Å². The molecule has 0 saturated carbocycles. The number of carbonyl (C=O) groups excluding carboxylic acids is 3. The predicted molar refractivity (Wildman–Crippen MR) is 224 cm³/mol. The molecule has 12 heteroatoms. The number of carboxylic acids is 1. The maximum absolute atomic E-state index is 14.1. The first-order valence-corrected chi connectivity index (χ1v) is 19.6. The van der Waals surface area contributed by atoms with Crippen LogP contribution >= 0.6 is 11.6 Å². The summed E-state index contributed by atoms with van der Waals surface area (Å²) >= 11 is 5.99. The van der Waals surface area contributed by atoms with Crippen LogP contribution in [0.25, 0.3) is 11.1 Å². The summed E-state index contributed by atoms with van der Waals surface area (Å²) < 4.78 is 12.2. The zero-order valence-corrected chi connectivity index (χ0v) is 32.8. The average molecular weight is 817 g/mol. The number of hydrogen-bond acceptors (Lipinski definition) is 7. The molecule has 0 aliphatic carbocycles. The Hall–Kier alpha value is -7.42. The Morgan fingerprint density at radius 3 is 2.20 bits per heavy atom. The third-order valence-corrected chi connectivity index (χ3v) is 10.9. The van der Waals surface area contributed by atoms with Crippen molar-refractivity contribution in [2.24, 2.45) is 0 Å². The summed E-state index contributed by atoms with van der Waals surface area (Å²) in [6.45, 7) is 0.379. The number of rotatable bonds is 11. The number of halogens is 1. The molecule has 2 aliphatic rings. The van der Waals surface area contributed by atoms with Crippen molar-refractivity contribution < 1.29 is 33.8 Å². The lowest BCUT2D eigenvalue weighted by atomic mass is 9.91. The topological polar surface area (TPSA) is 158 Å². The van der Waals surface area contributed by atoms with Gasteiger partial charge in [0.05, 0.1) is 17.3 Å². The van der Waals surface area contributed by atoms with Crippen LogP contribution in [0, 0.1) is 11.3 Å². The number of aliphatic carboxylic acids is 1. The van der Waals surface area contributed by atoms with Crippen molar-refractivity contribution in [3.63, 3.8) is 0 Å². The molecular weight excluding hydrogens is 780 g/mol. The summed E-state index contributed by atoms with van der Waals surface area (Å²) in [4.78, 5) is 55.6. The number of fused-ring (bicyclic) bond motifs is 2. The van der Waals surface area contributed by atoms with Crippen molar-refractivity contribution in [3.8, 4) is 28.7 Å². The van der Waals surface area contributed by atoms with E-state index < -0.39 is 36.0 Å². The van der Waals surface area contributed by atoms with Gasteiger partial charge in [-0.25, -0.2) is 4.79 Å². The monoisotopic (exact) mass is 816 g/mol. The molecule has 3 atom stereocenters.